The monoisotopic (exact) mass is 462 g/mol. The molecule has 1 aliphatic heterocycles. The Hall–Kier alpha value is -2.19. The Morgan fingerprint density at radius 1 is 1.04 bits per heavy atom. The number of halogens is 1. The second-order valence-electron chi connectivity index (χ2n) is 7.07. The predicted octanol–water partition coefficient (Wildman–Crippen LogP) is 3.86. The number of nitrogens with one attached hydrogen (secondary N) is 1. The summed E-state index contributed by atoms with van der Waals surface area (Å²) in [7, 11) is -4.06. The zero-order valence-corrected chi connectivity index (χ0v) is 17.4. The number of carbonyl (C=O) groups is 2. The van der Waals surface area contributed by atoms with Crippen LogP contribution in [0.4, 0.5) is 5.69 Å². The Labute approximate surface area is 172 Å². The zero-order valence-electron chi connectivity index (χ0n) is 15.0. The Balaban J connectivity index is 1.65. The van der Waals surface area contributed by atoms with Crippen LogP contribution in [0, 0.1) is 0 Å². The minimum atomic E-state index is -4.06. The number of hydrogen-bond donors (Lipinski definition) is 1. The summed E-state index contributed by atoms with van der Waals surface area (Å²) >= 11 is 3.29. The van der Waals surface area contributed by atoms with E-state index in [0.717, 1.165) is 34.5 Å². The average Bonchev–Trinajstić information content (AvgIpc) is 2.89. The molecule has 0 radical (unpaired) electrons. The summed E-state index contributed by atoms with van der Waals surface area (Å²) < 4.78 is 27.6. The molecule has 1 aliphatic carbocycles. The van der Waals surface area contributed by atoms with Crippen LogP contribution in [0.3, 0.4) is 0 Å². The number of sulfonamides is 1. The van der Waals surface area contributed by atoms with Crippen molar-refractivity contribution in [2.24, 2.45) is 0 Å². The van der Waals surface area contributed by atoms with Crippen molar-refractivity contribution in [3.05, 3.63) is 58.1 Å². The molecule has 4 rings (SSSR count). The first-order chi connectivity index (χ1) is 13.4. The van der Waals surface area contributed by atoms with Gasteiger partial charge in [0.2, 0.25) is 0 Å². The Bertz CT molecular complexity index is 1040. The van der Waals surface area contributed by atoms with Gasteiger partial charge in [-0.15, -0.1) is 0 Å². The molecule has 0 unspecified atom stereocenters. The first-order valence-electron chi connectivity index (χ1n) is 9.18. The van der Waals surface area contributed by atoms with E-state index in [9.17, 15) is 18.0 Å². The highest BCUT2D eigenvalue weighted by Crippen LogP contribution is 2.35. The van der Waals surface area contributed by atoms with Crippen molar-refractivity contribution < 1.29 is 18.0 Å². The summed E-state index contributed by atoms with van der Waals surface area (Å²) in [5, 5.41) is 2.98. The molecular formula is C20H19BrN2O4S. The van der Waals surface area contributed by atoms with Crippen LogP contribution in [0.5, 0.6) is 0 Å². The molecular weight excluding hydrogens is 444 g/mol. The fourth-order valence-electron chi connectivity index (χ4n) is 3.72. The zero-order chi connectivity index (χ0) is 19.9. The molecule has 146 valence electrons. The van der Waals surface area contributed by atoms with Gasteiger partial charge >= 0.3 is 0 Å². The van der Waals surface area contributed by atoms with Crippen molar-refractivity contribution in [1.29, 1.82) is 0 Å². The average molecular weight is 463 g/mol. The van der Waals surface area contributed by atoms with Crippen LogP contribution in [-0.2, 0) is 10.0 Å². The van der Waals surface area contributed by atoms with Gasteiger partial charge in [0.1, 0.15) is 4.90 Å². The van der Waals surface area contributed by atoms with Gasteiger partial charge in [-0.05, 0) is 55.3 Å². The van der Waals surface area contributed by atoms with Crippen molar-refractivity contribution in [2.75, 3.05) is 4.31 Å². The first kappa shape index (κ1) is 19.1. The van der Waals surface area contributed by atoms with Gasteiger partial charge in [0.05, 0.1) is 11.3 Å². The lowest BCUT2D eigenvalue weighted by molar-refractivity contribution is 0.0925. The first-order valence-corrected chi connectivity index (χ1v) is 11.4. The minimum Gasteiger partial charge on any atom is -0.349 e. The molecule has 2 aliphatic rings. The second kappa shape index (κ2) is 7.33. The van der Waals surface area contributed by atoms with Crippen molar-refractivity contribution in [1.82, 2.24) is 5.32 Å². The highest BCUT2D eigenvalue weighted by Gasteiger charge is 2.42. The number of nitrogens with zero attached hydrogens (tertiary/aromatic N) is 1. The summed E-state index contributed by atoms with van der Waals surface area (Å²) in [6.07, 6.45) is 5.22. The van der Waals surface area contributed by atoms with E-state index < -0.39 is 15.9 Å². The van der Waals surface area contributed by atoms with Gasteiger partial charge in [-0.1, -0.05) is 35.2 Å². The molecule has 6 nitrogen and oxygen atoms in total. The third-order valence-electron chi connectivity index (χ3n) is 5.18. The maximum Gasteiger partial charge on any atom is 0.273 e. The number of anilines is 1. The Kier molecular flexibility index (Phi) is 5.01. The molecule has 2 aromatic rings. The van der Waals surface area contributed by atoms with Gasteiger partial charge in [0.15, 0.2) is 0 Å². The molecule has 0 spiro atoms. The fourth-order valence-corrected chi connectivity index (χ4v) is 5.60. The molecule has 28 heavy (non-hydrogen) atoms. The predicted molar refractivity (Wildman–Crippen MR) is 109 cm³/mol. The molecule has 8 heteroatoms. The van der Waals surface area contributed by atoms with E-state index in [2.05, 4.69) is 21.2 Å². The van der Waals surface area contributed by atoms with Crippen LogP contribution >= 0.6 is 15.9 Å². The van der Waals surface area contributed by atoms with Gasteiger partial charge in [-0.3, -0.25) is 9.59 Å². The topological polar surface area (TPSA) is 83.6 Å². The molecule has 2 aromatic carbocycles. The lowest BCUT2D eigenvalue weighted by Gasteiger charge is -2.22. The van der Waals surface area contributed by atoms with E-state index in [-0.39, 0.29) is 33.7 Å². The molecule has 2 amide bonds. The van der Waals surface area contributed by atoms with E-state index in [4.69, 9.17) is 0 Å². The van der Waals surface area contributed by atoms with Crippen LogP contribution < -0.4 is 9.62 Å². The summed E-state index contributed by atoms with van der Waals surface area (Å²) in [6.45, 7) is 0. The quantitative estimate of drug-likeness (QED) is 0.750. The van der Waals surface area contributed by atoms with Crippen LogP contribution in [0.15, 0.2) is 51.8 Å². The maximum atomic E-state index is 13.0. The molecule has 0 atom stereocenters. The third-order valence-corrected chi connectivity index (χ3v) is 7.46. The number of carbonyl (C=O) groups excluding carboxylic acids is 2. The van der Waals surface area contributed by atoms with Crippen molar-refractivity contribution in [3.63, 3.8) is 0 Å². The van der Waals surface area contributed by atoms with E-state index in [1.54, 1.807) is 24.3 Å². The molecule has 1 heterocycles. The van der Waals surface area contributed by atoms with Gasteiger partial charge in [0.25, 0.3) is 21.8 Å². The highest BCUT2D eigenvalue weighted by atomic mass is 79.9. The van der Waals surface area contributed by atoms with Gasteiger partial charge in [-0.2, -0.15) is 4.31 Å². The number of benzene rings is 2. The number of fused-ring (bicyclic) bond motifs is 1. The Morgan fingerprint density at radius 2 is 1.71 bits per heavy atom. The SMILES string of the molecule is O=C(NC1CCCCC1)c1ccc2c(c1)S(=O)(=O)N(c1ccc(Br)cc1)C2=O. The highest BCUT2D eigenvalue weighted by molar-refractivity contribution is 9.10. The molecule has 0 bridgehead atoms. The molecule has 1 saturated carbocycles. The van der Waals surface area contributed by atoms with Crippen LogP contribution in [0.1, 0.15) is 52.8 Å². The van der Waals surface area contributed by atoms with Crippen LogP contribution in [0.2, 0.25) is 0 Å². The summed E-state index contributed by atoms with van der Waals surface area (Å²) in [4.78, 5) is 25.2. The summed E-state index contributed by atoms with van der Waals surface area (Å²) in [5.74, 6) is -0.920. The summed E-state index contributed by atoms with van der Waals surface area (Å²) in [5.41, 5.74) is 0.591. The molecule has 1 fully saturated rings. The smallest absolute Gasteiger partial charge is 0.273 e. The van der Waals surface area contributed by atoms with Crippen molar-refractivity contribution in [3.8, 4) is 0 Å². The second-order valence-corrected chi connectivity index (χ2v) is 9.74. The van der Waals surface area contributed by atoms with Gasteiger partial charge < -0.3 is 5.32 Å². The van der Waals surface area contributed by atoms with E-state index in [1.165, 1.54) is 24.6 Å². The molecule has 1 N–H and O–H groups in total. The van der Waals surface area contributed by atoms with Gasteiger partial charge in [0, 0.05) is 16.1 Å². The number of rotatable bonds is 3. The standard InChI is InChI=1S/C20H19BrN2O4S/c21-14-7-9-16(10-8-14)23-20(25)17-11-6-13(12-18(17)28(23,26)27)19(24)22-15-4-2-1-3-5-15/h6-12,15H,1-5H2,(H,22,24). The lowest BCUT2D eigenvalue weighted by atomic mass is 9.95. The summed E-state index contributed by atoms with van der Waals surface area (Å²) in [6, 6.07) is 10.8. The van der Waals surface area contributed by atoms with Crippen molar-refractivity contribution >= 4 is 43.5 Å². The van der Waals surface area contributed by atoms with Crippen molar-refractivity contribution in [2.45, 2.75) is 43.0 Å². The van der Waals surface area contributed by atoms with E-state index in [0.29, 0.717) is 0 Å². The largest absolute Gasteiger partial charge is 0.349 e. The lowest BCUT2D eigenvalue weighted by Crippen LogP contribution is -2.36. The molecule has 0 saturated heterocycles. The number of hydrogen-bond acceptors (Lipinski definition) is 4. The van der Waals surface area contributed by atoms with E-state index >= 15 is 0 Å². The normalized spacial score (nSPS) is 18.8. The Morgan fingerprint density at radius 3 is 2.39 bits per heavy atom. The van der Waals surface area contributed by atoms with Crippen LogP contribution in [0.25, 0.3) is 0 Å². The minimum absolute atomic E-state index is 0.0807. The van der Waals surface area contributed by atoms with E-state index in [1.807, 2.05) is 0 Å². The van der Waals surface area contributed by atoms with Crippen LogP contribution in [-0.4, -0.2) is 26.3 Å². The van der Waals surface area contributed by atoms with Gasteiger partial charge in [-0.25, -0.2) is 8.42 Å². The number of amides is 2. The fraction of sp³-hybridized carbons (Fsp3) is 0.300. The molecule has 0 aromatic heterocycles. The maximum absolute atomic E-state index is 13.0. The third kappa shape index (κ3) is 3.35.